The number of carbonyl (C=O) groups is 1. The molecule has 0 saturated heterocycles. The second-order valence-corrected chi connectivity index (χ2v) is 6.19. The van der Waals surface area contributed by atoms with E-state index in [0.29, 0.717) is 5.56 Å². The Morgan fingerprint density at radius 3 is 2.92 bits per heavy atom. The van der Waals surface area contributed by atoms with Gasteiger partial charge >= 0.3 is 0 Å². The second kappa shape index (κ2) is 5.96. The van der Waals surface area contributed by atoms with Crippen LogP contribution in [0.2, 0.25) is 0 Å². The average molecular weight is 317 g/mol. The Morgan fingerprint density at radius 1 is 1.17 bits per heavy atom. The quantitative estimate of drug-likeness (QED) is 0.747. The van der Waals surface area contributed by atoms with E-state index in [4.69, 9.17) is 0 Å². The van der Waals surface area contributed by atoms with Gasteiger partial charge in [-0.2, -0.15) is 0 Å². The SMILES string of the molecule is Cc1ccccc1NC(=O)c1c[nH]c2c1-c1ncccc1CCC2. The fourth-order valence-electron chi connectivity index (χ4n) is 3.34. The lowest BCUT2D eigenvalue weighted by atomic mass is 10.0. The van der Waals surface area contributed by atoms with Crippen LogP contribution in [0.5, 0.6) is 0 Å². The summed E-state index contributed by atoms with van der Waals surface area (Å²) in [5.74, 6) is -0.0969. The highest BCUT2D eigenvalue weighted by atomic mass is 16.1. The lowest BCUT2D eigenvalue weighted by Gasteiger charge is -2.10. The van der Waals surface area contributed by atoms with Crippen LogP contribution in [-0.4, -0.2) is 15.9 Å². The molecule has 120 valence electrons. The van der Waals surface area contributed by atoms with Gasteiger partial charge in [0.05, 0.1) is 11.3 Å². The molecule has 2 N–H and O–H groups in total. The maximum Gasteiger partial charge on any atom is 0.257 e. The van der Waals surface area contributed by atoms with Gasteiger partial charge < -0.3 is 10.3 Å². The number of H-pyrrole nitrogens is 1. The molecule has 1 aromatic carbocycles. The Balaban J connectivity index is 1.76. The van der Waals surface area contributed by atoms with Crippen LogP contribution in [-0.2, 0) is 12.8 Å². The number of carbonyl (C=O) groups excluding carboxylic acids is 1. The van der Waals surface area contributed by atoms with Crippen molar-refractivity contribution in [3.8, 4) is 11.3 Å². The minimum absolute atomic E-state index is 0.0969. The highest BCUT2D eigenvalue weighted by molar-refractivity contribution is 6.09. The number of hydrogen-bond donors (Lipinski definition) is 2. The number of benzene rings is 1. The molecule has 4 nitrogen and oxygen atoms in total. The topological polar surface area (TPSA) is 57.8 Å². The van der Waals surface area contributed by atoms with Crippen molar-refractivity contribution in [2.45, 2.75) is 26.2 Å². The molecule has 4 heteroatoms. The molecule has 1 aliphatic rings. The molecule has 4 rings (SSSR count). The summed E-state index contributed by atoms with van der Waals surface area (Å²) in [5.41, 5.74) is 6.74. The minimum Gasteiger partial charge on any atom is -0.364 e. The third-order valence-corrected chi connectivity index (χ3v) is 4.60. The summed E-state index contributed by atoms with van der Waals surface area (Å²) >= 11 is 0. The molecule has 0 bridgehead atoms. The number of hydrogen-bond acceptors (Lipinski definition) is 2. The van der Waals surface area contributed by atoms with Crippen LogP contribution in [0.15, 0.2) is 48.8 Å². The summed E-state index contributed by atoms with van der Waals surface area (Å²) in [4.78, 5) is 20.7. The van der Waals surface area contributed by atoms with Crippen LogP contribution in [0, 0.1) is 6.92 Å². The molecule has 0 aliphatic heterocycles. The number of aromatic amines is 1. The Labute approximate surface area is 141 Å². The van der Waals surface area contributed by atoms with Gasteiger partial charge in [0.1, 0.15) is 0 Å². The van der Waals surface area contributed by atoms with Crippen LogP contribution in [0.4, 0.5) is 5.69 Å². The average Bonchev–Trinajstić information content (AvgIpc) is 2.93. The zero-order valence-electron chi connectivity index (χ0n) is 13.6. The van der Waals surface area contributed by atoms with E-state index in [9.17, 15) is 4.79 Å². The van der Waals surface area contributed by atoms with Gasteiger partial charge in [-0.1, -0.05) is 24.3 Å². The van der Waals surface area contributed by atoms with E-state index in [0.717, 1.165) is 47.5 Å². The molecule has 2 aromatic heterocycles. The molecule has 0 radical (unpaired) electrons. The molecule has 3 aromatic rings. The minimum atomic E-state index is -0.0969. The highest BCUT2D eigenvalue weighted by Crippen LogP contribution is 2.33. The molecule has 0 fully saturated rings. The maximum atomic E-state index is 12.9. The molecule has 2 heterocycles. The second-order valence-electron chi connectivity index (χ2n) is 6.19. The molecule has 1 amide bonds. The smallest absolute Gasteiger partial charge is 0.257 e. The third kappa shape index (κ3) is 2.50. The first-order chi connectivity index (χ1) is 11.7. The van der Waals surface area contributed by atoms with Gasteiger partial charge in [0.2, 0.25) is 0 Å². The lowest BCUT2D eigenvalue weighted by molar-refractivity contribution is 0.102. The molecule has 0 spiro atoms. The summed E-state index contributed by atoms with van der Waals surface area (Å²) in [7, 11) is 0. The predicted molar refractivity (Wildman–Crippen MR) is 95.2 cm³/mol. The summed E-state index contributed by atoms with van der Waals surface area (Å²) < 4.78 is 0. The van der Waals surface area contributed by atoms with Crippen molar-refractivity contribution in [2.24, 2.45) is 0 Å². The standard InChI is InChI=1S/C20H19N3O/c1-13-6-2-3-9-16(13)23-20(24)15-12-22-17-10-4-7-14-8-5-11-21-19(14)18(15)17/h2-3,5-6,8-9,11-12,22H,4,7,10H2,1H3,(H,23,24). The van der Waals surface area contributed by atoms with E-state index in [1.54, 1.807) is 6.20 Å². The monoisotopic (exact) mass is 317 g/mol. The van der Waals surface area contributed by atoms with E-state index in [2.05, 4.69) is 21.4 Å². The van der Waals surface area contributed by atoms with Gasteiger partial charge in [-0.3, -0.25) is 9.78 Å². The van der Waals surface area contributed by atoms with Gasteiger partial charge in [-0.05, 0) is 49.4 Å². The molecule has 24 heavy (non-hydrogen) atoms. The number of nitrogens with one attached hydrogen (secondary N) is 2. The molecular formula is C20H19N3O. The van der Waals surface area contributed by atoms with Gasteiger partial charge in [0, 0.05) is 29.3 Å². The highest BCUT2D eigenvalue weighted by Gasteiger charge is 2.24. The molecule has 0 unspecified atom stereocenters. The summed E-state index contributed by atoms with van der Waals surface area (Å²) in [6.45, 7) is 1.99. The number of amides is 1. The van der Waals surface area contributed by atoms with Crippen molar-refractivity contribution in [1.29, 1.82) is 0 Å². The molecule has 0 atom stereocenters. The largest absolute Gasteiger partial charge is 0.364 e. The Kier molecular flexibility index (Phi) is 3.65. The number of rotatable bonds is 2. The van der Waals surface area contributed by atoms with E-state index in [1.165, 1.54) is 5.56 Å². The van der Waals surface area contributed by atoms with E-state index < -0.39 is 0 Å². The van der Waals surface area contributed by atoms with Gasteiger partial charge in [0.15, 0.2) is 0 Å². The predicted octanol–water partition coefficient (Wildman–Crippen LogP) is 4.13. The summed E-state index contributed by atoms with van der Waals surface area (Å²) in [6.07, 6.45) is 6.59. The van der Waals surface area contributed by atoms with Crippen LogP contribution < -0.4 is 5.32 Å². The first kappa shape index (κ1) is 14.7. The van der Waals surface area contributed by atoms with Crippen molar-refractivity contribution in [3.05, 3.63) is 71.2 Å². The normalized spacial score (nSPS) is 12.9. The van der Waals surface area contributed by atoms with Crippen molar-refractivity contribution in [2.75, 3.05) is 5.32 Å². The maximum absolute atomic E-state index is 12.9. The lowest BCUT2D eigenvalue weighted by Crippen LogP contribution is -2.13. The molecule has 1 aliphatic carbocycles. The van der Waals surface area contributed by atoms with Crippen molar-refractivity contribution >= 4 is 11.6 Å². The van der Waals surface area contributed by atoms with Gasteiger partial charge in [-0.25, -0.2) is 0 Å². The summed E-state index contributed by atoms with van der Waals surface area (Å²) in [5, 5.41) is 3.03. The van der Waals surface area contributed by atoms with Crippen molar-refractivity contribution < 1.29 is 4.79 Å². The zero-order chi connectivity index (χ0) is 16.5. The van der Waals surface area contributed by atoms with E-state index in [1.807, 2.05) is 43.5 Å². The van der Waals surface area contributed by atoms with E-state index in [-0.39, 0.29) is 5.91 Å². The van der Waals surface area contributed by atoms with Crippen LogP contribution >= 0.6 is 0 Å². The number of nitrogens with zero attached hydrogens (tertiary/aromatic N) is 1. The first-order valence-corrected chi connectivity index (χ1v) is 8.25. The number of fused-ring (bicyclic) bond motifs is 3. The third-order valence-electron chi connectivity index (χ3n) is 4.60. The molecular weight excluding hydrogens is 298 g/mol. The van der Waals surface area contributed by atoms with Crippen molar-refractivity contribution in [3.63, 3.8) is 0 Å². The number of para-hydroxylation sites is 1. The van der Waals surface area contributed by atoms with Crippen molar-refractivity contribution in [1.82, 2.24) is 9.97 Å². The van der Waals surface area contributed by atoms with Crippen LogP contribution in [0.1, 0.15) is 33.6 Å². The molecule has 0 saturated carbocycles. The van der Waals surface area contributed by atoms with Gasteiger partial charge in [0.25, 0.3) is 5.91 Å². The number of aryl methyl sites for hydroxylation is 3. The number of aromatic nitrogens is 2. The Bertz CT molecular complexity index is 911. The zero-order valence-corrected chi connectivity index (χ0v) is 13.6. The number of pyridine rings is 1. The number of anilines is 1. The fraction of sp³-hybridized carbons (Fsp3) is 0.200. The first-order valence-electron chi connectivity index (χ1n) is 8.25. The van der Waals surface area contributed by atoms with Gasteiger partial charge in [-0.15, -0.1) is 0 Å². The Morgan fingerprint density at radius 2 is 2.04 bits per heavy atom. The van der Waals surface area contributed by atoms with E-state index >= 15 is 0 Å². The van der Waals surface area contributed by atoms with Crippen LogP contribution in [0.3, 0.4) is 0 Å². The van der Waals surface area contributed by atoms with Crippen LogP contribution in [0.25, 0.3) is 11.3 Å². The fourth-order valence-corrected chi connectivity index (χ4v) is 3.34. The summed E-state index contributed by atoms with van der Waals surface area (Å²) in [6, 6.07) is 11.9. The Hall–Kier alpha value is -2.88.